The Morgan fingerprint density at radius 3 is 2.83 bits per heavy atom. The first-order chi connectivity index (χ1) is 8.83. The maximum Gasteiger partial charge on any atom is 0.137 e. The normalized spacial score (nSPS) is 10.7. The number of H-pyrrole nitrogens is 1. The molecule has 3 nitrogen and oxygen atoms in total. The molecule has 0 amide bonds. The van der Waals surface area contributed by atoms with E-state index >= 15 is 0 Å². The third-order valence-electron chi connectivity index (χ3n) is 3.07. The summed E-state index contributed by atoms with van der Waals surface area (Å²) in [5, 5.41) is 4.60. The molecule has 2 N–H and O–H groups in total. The minimum absolute atomic E-state index is 0.800. The molecule has 3 rings (SSSR count). The van der Waals surface area contributed by atoms with E-state index in [0.29, 0.717) is 0 Å². The van der Waals surface area contributed by atoms with Crippen LogP contribution in [0.15, 0.2) is 48.8 Å². The molecule has 2 aromatic heterocycles. The number of fused-ring (bicyclic) bond motifs is 1. The molecule has 3 heteroatoms. The Kier molecular flexibility index (Phi) is 2.73. The summed E-state index contributed by atoms with van der Waals surface area (Å²) in [7, 11) is 0. The van der Waals surface area contributed by atoms with Crippen molar-refractivity contribution in [3.05, 3.63) is 59.9 Å². The van der Waals surface area contributed by atoms with Crippen molar-refractivity contribution in [2.24, 2.45) is 0 Å². The quantitative estimate of drug-likeness (QED) is 0.732. The second-order valence-corrected chi connectivity index (χ2v) is 4.43. The largest absolute Gasteiger partial charge is 0.381 e. The molecule has 0 aliphatic heterocycles. The summed E-state index contributed by atoms with van der Waals surface area (Å²) >= 11 is 0. The van der Waals surface area contributed by atoms with Gasteiger partial charge in [0.25, 0.3) is 0 Å². The summed E-state index contributed by atoms with van der Waals surface area (Å²) in [4.78, 5) is 7.47. The Hall–Kier alpha value is -2.29. The van der Waals surface area contributed by atoms with Gasteiger partial charge in [-0.05, 0) is 36.8 Å². The lowest BCUT2D eigenvalue weighted by atomic mass is 10.2. The SMILES string of the molecule is Cc1ccc(NCc2c[nH]c3ncccc23)cc1. The molecule has 0 bridgehead atoms. The summed E-state index contributed by atoms with van der Waals surface area (Å²) in [6.07, 6.45) is 3.81. The van der Waals surface area contributed by atoms with E-state index in [-0.39, 0.29) is 0 Å². The Bertz CT molecular complexity index is 653. The third-order valence-corrected chi connectivity index (χ3v) is 3.07. The molecule has 0 unspecified atom stereocenters. The molecule has 0 fully saturated rings. The number of pyridine rings is 1. The summed E-state index contributed by atoms with van der Waals surface area (Å²) in [5.74, 6) is 0. The number of rotatable bonds is 3. The zero-order valence-electron chi connectivity index (χ0n) is 10.3. The second-order valence-electron chi connectivity index (χ2n) is 4.43. The third kappa shape index (κ3) is 2.07. The number of nitrogens with one attached hydrogen (secondary N) is 2. The number of aromatic nitrogens is 2. The molecule has 3 aromatic rings. The number of aryl methyl sites for hydroxylation is 1. The van der Waals surface area contributed by atoms with Crippen LogP contribution in [0.25, 0.3) is 11.0 Å². The van der Waals surface area contributed by atoms with Gasteiger partial charge in [0.15, 0.2) is 0 Å². The van der Waals surface area contributed by atoms with Crippen LogP contribution in [0.2, 0.25) is 0 Å². The number of hydrogen-bond donors (Lipinski definition) is 2. The van der Waals surface area contributed by atoms with E-state index in [1.54, 1.807) is 6.20 Å². The van der Waals surface area contributed by atoms with E-state index in [1.165, 1.54) is 16.5 Å². The van der Waals surface area contributed by atoms with E-state index in [9.17, 15) is 0 Å². The molecule has 0 radical (unpaired) electrons. The Labute approximate surface area is 106 Å². The predicted molar refractivity (Wildman–Crippen MR) is 74.6 cm³/mol. The molecule has 0 atom stereocenters. The average Bonchev–Trinajstić information content (AvgIpc) is 2.82. The predicted octanol–water partition coefficient (Wildman–Crippen LogP) is 3.48. The van der Waals surface area contributed by atoms with Crippen LogP contribution >= 0.6 is 0 Å². The van der Waals surface area contributed by atoms with Crippen LogP contribution in [-0.4, -0.2) is 9.97 Å². The molecular weight excluding hydrogens is 222 g/mol. The van der Waals surface area contributed by atoms with Gasteiger partial charge in [-0.25, -0.2) is 4.98 Å². The highest BCUT2D eigenvalue weighted by atomic mass is 14.9. The minimum atomic E-state index is 0.800. The summed E-state index contributed by atoms with van der Waals surface area (Å²) in [5.41, 5.74) is 4.59. The van der Waals surface area contributed by atoms with Gasteiger partial charge in [-0.1, -0.05) is 17.7 Å². The molecule has 18 heavy (non-hydrogen) atoms. The second kappa shape index (κ2) is 4.53. The molecule has 2 heterocycles. The van der Waals surface area contributed by atoms with Gasteiger partial charge in [-0.15, -0.1) is 0 Å². The van der Waals surface area contributed by atoms with Crippen LogP contribution in [0, 0.1) is 6.92 Å². The van der Waals surface area contributed by atoms with Crippen LogP contribution in [0.1, 0.15) is 11.1 Å². The van der Waals surface area contributed by atoms with E-state index in [0.717, 1.165) is 17.9 Å². The van der Waals surface area contributed by atoms with Crippen LogP contribution in [0.5, 0.6) is 0 Å². The highest BCUT2D eigenvalue weighted by Crippen LogP contribution is 2.17. The fraction of sp³-hybridized carbons (Fsp3) is 0.133. The molecule has 0 aliphatic rings. The molecular formula is C15H15N3. The molecule has 0 spiro atoms. The van der Waals surface area contributed by atoms with Crippen molar-refractivity contribution in [1.29, 1.82) is 0 Å². The van der Waals surface area contributed by atoms with Gasteiger partial charge in [0.2, 0.25) is 0 Å². The summed E-state index contributed by atoms with van der Waals surface area (Å²) < 4.78 is 0. The first-order valence-electron chi connectivity index (χ1n) is 6.04. The number of hydrogen-bond acceptors (Lipinski definition) is 2. The van der Waals surface area contributed by atoms with Crippen LogP contribution in [0.4, 0.5) is 5.69 Å². The first-order valence-corrected chi connectivity index (χ1v) is 6.04. The Morgan fingerprint density at radius 2 is 2.00 bits per heavy atom. The summed E-state index contributed by atoms with van der Waals surface area (Å²) in [6, 6.07) is 12.5. The van der Waals surface area contributed by atoms with Gasteiger partial charge in [-0.2, -0.15) is 0 Å². The van der Waals surface area contributed by atoms with Crippen molar-refractivity contribution < 1.29 is 0 Å². The highest BCUT2D eigenvalue weighted by Gasteiger charge is 2.03. The van der Waals surface area contributed by atoms with Gasteiger partial charge in [0.1, 0.15) is 5.65 Å². The zero-order valence-corrected chi connectivity index (χ0v) is 10.3. The van der Waals surface area contributed by atoms with Crippen molar-refractivity contribution in [3.8, 4) is 0 Å². The number of nitrogens with zero attached hydrogens (tertiary/aromatic N) is 1. The number of benzene rings is 1. The van der Waals surface area contributed by atoms with Crippen molar-refractivity contribution in [1.82, 2.24) is 9.97 Å². The molecule has 0 saturated carbocycles. The zero-order chi connectivity index (χ0) is 12.4. The van der Waals surface area contributed by atoms with E-state index in [1.807, 2.05) is 12.3 Å². The van der Waals surface area contributed by atoms with E-state index in [4.69, 9.17) is 0 Å². The van der Waals surface area contributed by atoms with Crippen LogP contribution in [0.3, 0.4) is 0 Å². The van der Waals surface area contributed by atoms with Crippen LogP contribution < -0.4 is 5.32 Å². The van der Waals surface area contributed by atoms with Crippen molar-refractivity contribution >= 4 is 16.7 Å². The summed E-state index contributed by atoms with van der Waals surface area (Å²) in [6.45, 7) is 2.89. The van der Waals surface area contributed by atoms with Gasteiger partial charge in [-0.3, -0.25) is 0 Å². The fourth-order valence-electron chi connectivity index (χ4n) is 2.03. The molecule has 0 aliphatic carbocycles. The van der Waals surface area contributed by atoms with Crippen molar-refractivity contribution in [3.63, 3.8) is 0 Å². The lowest BCUT2D eigenvalue weighted by Gasteiger charge is -2.05. The average molecular weight is 237 g/mol. The Balaban J connectivity index is 1.79. The number of aromatic amines is 1. The lowest BCUT2D eigenvalue weighted by molar-refractivity contribution is 1.16. The molecule has 90 valence electrons. The van der Waals surface area contributed by atoms with E-state index < -0.39 is 0 Å². The van der Waals surface area contributed by atoms with Gasteiger partial charge < -0.3 is 10.3 Å². The standard InChI is InChI=1S/C15H15N3/c1-11-4-6-13(7-5-11)17-9-12-10-18-15-14(12)3-2-8-16-15/h2-8,10,17H,9H2,1H3,(H,16,18). The van der Waals surface area contributed by atoms with E-state index in [2.05, 4.69) is 52.5 Å². The minimum Gasteiger partial charge on any atom is -0.381 e. The smallest absolute Gasteiger partial charge is 0.137 e. The van der Waals surface area contributed by atoms with Crippen molar-refractivity contribution in [2.75, 3.05) is 5.32 Å². The number of anilines is 1. The maximum atomic E-state index is 4.29. The van der Waals surface area contributed by atoms with Gasteiger partial charge >= 0.3 is 0 Å². The molecule has 1 aromatic carbocycles. The van der Waals surface area contributed by atoms with Crippen LogP contribution in [-0.2, 0) is 6.54 Å². The molecule has 0 saturated heterocycles. The Morgan fingerprint density at radius 1 is 1.17 bits per heavy atom. The van der Waals surface area contributed by atoms with Crippen molar-refractivity contribution in [2.45, 2.75) is 13.5 Å². The fourth-order valence-corrected chi connectivity index (χ4v) is 2.03. The lowest BCUT2D eigenvalue weighted by Crippen LogP contribution is -1.98. The van der Waals surface area contributed by atoms with Gasteiger partial charge in [0, 0.05) is 30.0 Å². The highest BCUT2D eigenvalue weighted by molar-refractivity contribution is 5.79. The topological polar surface area (TPSA) is 40.7 Å². The monoisotopic (exact) mass is 237 g/mol. The first kappa shape index (κ1) is 10.8. The maximum absolute atomic E-state index is 4.29. The van der Waals surface area contributed by atoms with Gasteiger partial charge in [0.05, 0.1) is 0 Å².